The van der Waals surface area contributed by atoms with E-state index in [0.717, 1.165) is 16.8 Å². The Hall–Kier alpha value is -3.06. The van der Waals surface area contributed by atoms with Crippen LogP contribution in [0.1, 0.15) is 35.6 Å². The summed E-state index contributed by atoms with van der Waals surface area (Å²) in [5, 5.41) is 2.78. The highest BCUT2D eigenvalue weighted by Gasteiger charge is 2.17. The van der Waals surface area contributed by atoms with Crippen LogP contribution in [0.15, 0.2) is 53.5 Å². The lowest BCUT2D eigenvalue weighted by Crippen LogP contribution is -2.29. The molecule has 1 amide bonds. The van der Waals surface area contributed by atoms with E-state index >= 15 is 0 Å². The lowest BCUT2D eigenvalue weighted by molar-refractivity contribution is 0.0949. The van der Waals surface area contributed by atoms with Gasteiger partial charge < -0.3 is 15.5 Å². The zero-order chi connectivity index (χ0) is 19.4. The molecule has 0 aliphatic heterocycles. The molecule has 0 saturated carbocycles. The van der Waals surface area contributed by atoms with E-state index in [1.165, 1.54) is 24.8 Å². The van der Waals surface area contributed by atoms with Gasteiger partial charge in [0.2, 0.25) is 0 Å². The first-order valence-corrected chi connectivity index (χ1v) is 8.55. The molecule has 3 aromatic rings. The maximum Gasteiger partial charge on any atom is 0.273 e. The third kappa shape index (κ3) is 4.77. The van der Waals surface area contributed by atoms with Crippen LogP contribution in [0.5, 0.6) is 0 Å². The average Bonchev–Trinajstić information content (AvgIpc) is 3.16. The van der Waals surface area contributed by atoms with E-state index in [2.05, 4.69) is 15.3 Å². The Morgan fingerprint density at radius 3 is 2.63 bits per heavy atom. The van der Waals surface area contributed by atoms with E-state index in [4.69, 9.17) is 10.2 Å². The van der Waals surface area contributed by atoms with Crippen molar-refractivity contribution in [2.45, 2.75) is 25.8 Å². The van der Waals surface area contributed by atoms with Crippen LogP contribution in [-0.2, 0) is 12.0 Å². The van der Waals surface area contributed by atoms with Gasteiger partial charge >= 0.3 is 0 Å². The number of hydrogen-bond acceptors (Lipinski definition) is 5. The highest BCUT2D eigenvalue weighted by Crippen LogP contribution is 2.25. The fourth-order valence-corrected chi connectivity index (χ4v) is 2.58. The zero-order valence-electron chi connectivity index (χ0n) is 15.2. The topological polar surface area (TPSA) is 94.0 Å². The summed E-state index contributed by atoms with van der Waals surface area (Å²) in [7, 11) is 0. The Labute approximate surface area is 156 Å². The molecule has 7 heteroatoms. The number of nitrogens with two attached hydrogens (primary N) is 1. The molecule has 0 spiro atoms. The minimum atomic E-state index is -0.559. The highest BCUT2D eigenvalue weighted by molar-refractivity contribution is 5.91. The van der Waals surface area contributed by atoms with E-state index in [-0.39, 0.29) is 17.4 Å². The van der Waals surface area contributed by atoms with Crippen molar-refractivity contribution in [3.63, 3.8) is 0 Å². The molecule has 0 atom stereocenters. The van der Waals surface area contributed by atoms with E-state index in [9.17, 15) is 9.18 Å². The summed E-state index contributed by atoms with van der Waals surface area (Å²) in [6, 6.07) is 9.99. The van der Waals surface area contributed by atoms with Gasteiger partial charge in [-0.25, -0.2) is 9.37 Å². The van der Waals surface area contributed by atoms with E-state index in [1.807, 2.05) is 26.0 Å². The third-order valence-electron chi connectivity index (χ3n) is 4.09. The van der Waals surface area contributed by atoms with Crippen molar-refractivity contribution < 1.29 is 13.6 Å². The van der Waals surface area contributed by atoms with Gasteiger partial charge in [-0.2, -0.15) is 0 Å². The molecular formula is C20H21FN4O2. The maximum atomic E-state index is 13.2. The molecule has 0 unspecified atom stereocenters. The molecule has 6 nitrogen and oxygen atoms in total. The van der Waals surface area contributed by atoms with E-state index in [1.54, 1.807) is 12.1 Å². The highest BCUT2D eigenvalue weighted by atomic mass is 19.1. The fraction of sp³-hybridized carbons (Fsp3) is 0.250. The molecular weight excluding hydrogens is 347 g/mol. The number of nitrogens with zero attached hydrogens (tertiary/aromatic N) is 2. The largest absolute Gasteiger partial charge is 0.451 e. The molecule has 0 aliphatic rings. The van der Waals surface area contributed by atoms with Gasteiger partial charge in [-0.3, -0.25) is 9.78 Å². The van der Waals surface area contributed by atoms with Crippen molar-refractivity contribution in [2.24, 2.45) is 5.73 Å². The number of rotatable bonds is 6. The van der Waals surface area contributed by atoms with Crippen molar-refractivity contribution in [1.29, 1.82) is 0 Å². The first-order chi connectivity index (χ1) is 12.8. The number of benzene rings is 1. The summed E-state index contributed by atoms with van der Waals surface area (Å²) in [6.07, 6.45) is 3.01. The summed E-state index contributed by atoms with van der Waals surface area (Å²) in [5.74, 6) is -0.609. The summed E-state index contributed by atoms with van der Waals surface area (Å²) in [4.78, 5) is 20.4. The predicted octanol–water partition coefficient (Wildman–Crippen LogP) is 3.04. The third-order valence-corrected chi connectivity index (χ3v) is 4.09. The van der Waals surface area contributed by atoms with Gasteiger partial charge in [0.15, 0.2) is 12.1 Å². The SMILES string of the molecule is CC(C)(N)c1cc(CCNC(=O)c2cocn2)nc(-c2ccc(F)cc2)c1. The smallest absolute Gasteiger partial charge is 0.273 e. The van der Waals surface area contributed by atoms with Gasteiger partial charge in [0.25, 0.3) is 5.91 Å². The molecule has 0 radical (unpaired) electrons. The van der Waals surface area contributed by atoms with Crippen molar-refractivity contribution in [3.8, 4) is 11.3 Å². The number of nitrogens with one attached hydrogen (secondary N) is 1. The van der Waals surface area contributed by atoms with Crippen molar-refractivity contribution in [2.75, 3.05) is 6.54 Å². The lowest BCUT2D eigenvalue weighted by Gasteiger charge is -2.21. The maximum absolute atomic E-state index is 13.2. The molecule has 1 aromatic carbocycles. The van der Waals surface area contributed by atoms with Crippen molar-refractivity contribution >= 4 is 5.91 Å². The quantitative estimate of drug-likeness (QED) is 0.697. The van der Waals surface area contributed by atoms with Crippen LogP contribution in [-0.4, -0.2) is 22.4 Å². The molecule has 2 heterocycles. The Morgan fingerprint density at radius 2 is 2.00 bits per heavy atom. The Bertz CT molecular complexity index is 916. The second kappa shape index (κ2) is 7.67. The van der Waals surface area contributed by atoms with Crippen molar-refractivity contribution in [1.82, 2.24) is 15.3 Å². The molecule has 0 fully saturated rings. The fourth-order valence-electron chi connectivity index (χ4n) is 2.58. The summed E-state index contributed by atoms with van der Waals surface area (Å²) in [6.45, 7) is 4.20. The minimum absolute atomic E-state index is 0.229. The van der Waals surface area contributed by atoms with Gasteiger partial charge in [0.1, 0.15) is 12.1 Å². The van der Waals surface area contributed by atoms with Crippen molar-refractivity contribution in [3.05, 3.63) is 71.8 Å². The van der Waals surface area contributed by atoms with E-state index < -0.39 is 5.54 Å². The number of oxazole rings is 1. The number of aromatic nitrogens is 2. The predicted molar refractivity (Wildman–Crippen MR) is 99.4 cm³/mol. The second-order valence-corrected chi connectivity index (χ2v) is 6.84. The van der Waals surface area contributed by atoms with Gasteiger partial charge in [-0.15, -0.1) is 0 Å². The Kier molecular flexibility index (Phi) is 5.32. The molecule has 0 bridgehead atoms. The van der Waals surface area contributed by atoms with Gasteiger partial charge in [0.05, 0.1) is 5.69 Å². The molecule has 0 aliphatic carbocycles. The molecule has 3 rings (SSSR count). The first-order valence-electron chi connectivity index (χ1n) is 8.55. The van der Waals surface area contributed by atoms with Crippen LogP contribution in [0.25, 0.3) is 11.3 Å². The number of amides is 1. The molecule has 0 saturated heterocycles. The van der Waals surface area contributed by atoms with Crippen LogP contribution in [0.4, 0.5) is 4.39 Å². The Balaban J connectivity index is 1.80. The number of carbonyl (C=O) groups excluding carboxylic acids is 1. The summed E-state index contributed by atoms with van der Waals surface area (Å²) < 4.78 is 18.0. The van der Waals surface area contributed by atoms with Crippen LogP contribution in [0, 0.1) is 5.82 Å². The van der Waals surface area contributed by atoms with Crippen LogP contribution in [0.2, 0.25) is 0 Å². The number of carbonyl (C=O) groups is 1. The molecule has 140 valence electrons. The van der Waals surface area contributed by atoms with Gasteiger partial charge in [0, 0.05) is 29.8 Å². The number of pyridine rings is 1. The standard InChI is InChI=1S/C20H21FN4O2/c1-20(2,22)14-9-16(7-8-23-19(26)18-11-27-12-24-18)25-17(10-14)13-3-5-15(21)6-4-13/h3-6,9-12H,7-8,22H2,1-2H3,(H,23,26). The van der Waals surface area contributed by atoms with Crippen LogP contribution >= 0.6 is 0 Å². The number of hydrogen-bond donors (Lipinski definition) is 2. The van der Waals surface area contributed by atoms with Crippen LogP contribution in [0.3, 0.4) is 0 Å². The van der Waals surface area contributed by atoms with Gasteiger partial charge in [-0.05, 0) is 55.8 Å². The summed E-state index contributed by atoms with van der Waals surface area (Å²) in [5.41, 5.74) is 9.14. The molecule has 27 heavy (non-hydrogen) atoms. The minimum Gasteiger partial charge on any atom is -0.451 e. The Morgan fingerprint density at radius 1 is 1.26 bits per heavy atom. The normalized spacial score (nSPS) is 11.4. The summed E-state index contributed by atoms with van der Waals surface area (Å²) >= 11 is 0. The number of halogens is 1. The second-order valence-electron chi connectivity index (χ2n) is 6.84. The first kappa shape index (κ1) is 18.7. The van der Waals surface area contributed by atoms with E-state index in [0.29, 0.717) is 18.7 Å². The molecule has 2 aromatic heterocycles. The van der Waals surface area contributed by atoms with Crippen LogP contribution < -0.4 is 11.1 Å². The lowest BCUT2D eigenvalue weighted by atomic mass is 9.93. The average molecular weight is 368 g/mol. The van der Waals surface area contributed by atoms with Gasteiger partial charge in [-0.1, -0.05) is 0 Å². The molecule has 3 N–H and O–H groups in total. The monoisotopic (exact) mass is 368 g/mol. The zero-order valence-corrected chi connectivity index (χ0v) is 15.2.